The van der Waals surface area contributed by atoms with Crippen molar-refractivity contribution in [2.75, 3.05) is 22.5 Å². The molecular formula is C25H32N4O2S. The third-order valence-electron chi connectivity index (χ3n) is 6.68. The summed E-state index contributed by atoms with van der Waals surface area (Å²) in [4.78, 5) is 7.80. The van der Waals surface area contributed by atoms with E-state index < -0.39 is 10.6 Å². The van der Waals surface area contributed by atoms with Gasteiger partial charge in [0.05, 0.1) is 16.2 Å². The van der Waals surface area contributed by atoms with Crippen molar-refractivity contribution in [3.8, 4) is 0 Å². The highest BCUT2D eigenvalue weighted by Crippen LogP contribution is 2.51. The van der Waals surface area contributed by atoms with Crippen molar-refractivity contribution in [1.82, 2.24) is 4.98 Å². The average Bonchev–Trinajstić information content (AvgIpc) is 2.90. The molecule has 1 aromatic heterocycles. The molecule has 2 unspecified atom stereocenters. The highest BCUT2D eigenvalue weighted by molar-refractivity contribution is 8.24. The van der Waals surface area contributed by atoms with E-state index in [9.17, 15) is 9.11 Å². The van der Waals surface area contributed by atoms with Crippen LogP contribution in [0, 0.1) is 6.92 Å². The van der Waals surface area contributed by atoms with Crippen LogP contribution in [0.2, 0.25) is 0 Å². The lowest BCUT2D eigenvalue weighted by Crippen LogP contribution is -2.35. The molecule has 170 valence electrons. The molecule has 0 amide bonds. The fourth-order valence-electron chi connectivity index (χ4n) is 4.97. The molecule has 2 atom stereocenters. The van der Waals surface area contributed by atoms with E-state index in [4.69, 9.17) is 10.7 Å². The number of anilines is 2. The molecule has 3 aromatic rings. The van der Waals surface area contributed by atoms with Gasteiger partial charge in [0.2, 0.25) is 0 Å². The summed E-state index contributed by atoms with van der Waals surface area (Å²) in [5.41, 5.74) is 10.4. The number of aryl methyl sites for hydroxylation is 1. The van der Waals surface area contributed by atoms with Crippen molar-refractivity contribution in [3.63, 3.8) is 0 Å². The highest BCUT2D eigenvalue weighted by Gasteiger charge is 2.27. The van der Waals surface area contributed by atoms with Crippen molar-refractivity contribution in [2.45, 2.75) is 56.1 Å². The summed E-state index contributed by atoms with van der Waals surface area (Å²) >= 11 is 0. The normalized spacial score (nSPS) is 23.9. The summed E-state index contributed by atoms with van der Waals surface area (Å²) in [5.74, 6) is 1.16. The van der Waals surface area contributed by atoms with Crippen LogP contribution >= 0.6 is 10.6 Å². The molecule has 1 aliphatic carbocycles. The van der Waals surface area contributed by atoms with Gasteiger partial charge in [-0.1, -0.05) is 29.8 Å². The quantitative estimate of drug-likeness (QED) is 0.428. The number of hydrogen-bond acceptors (Lipinski definition) is 6. The molecule has 2 aliphatic rings. The summed E-state index contributed by atoms with van der Waals surface area (Å²) in [7, 11) is -2.81. The Morgan fingerprint density at radius 2 is 1.97 bits per heavy atom. The molecule has 1 fully saturated rings. The van der Waals surface area contributed by atoms with Gasteiger partial charge in [-0.2, -0.15) is 10.6 Å². The van der Waals surface area contributed by atoms with Crippen molar-refractivity contribution >= 4 is 33.0 Å². The lowest BCUT2D eigenvalue weighted by atomic mass is 9.91. The molecule has 0 spiro atoms. The summed E-state index contributed by atoms with van der Waals surface area (Å²) in [6.45, 7) is 3.24. The van der Waals surface area contributed by atoms with Gasteiger partial charge in [0.1, 0.15) is 5.82 Å². The second-order valence-corrected chi connectivity index (χ2v) is 11.4. The monoisotopic (exact) mass is 452 g/mol. The molecule has 2 heterocycles. The van der Waals surface area contributed by atoms with E-state index in [-0.39, 0.29) is 6.04 Å². The number of pyridine rings is 1. The van der Waals surface area contributed by atoms with Crippen LogP contribution in [-0.4, -0.2) is 38.5 Å². The Balaban J connectivity index is 1.54. The van der Waals surface area contributed by atoms with Gasteiger partial charge in [-0.15, -0.1) is 0 Å². The third-order valence-corrected chi connectivity index (χ3v) is 8.54. The molecule has 0 bridgehead atoms. The van der Waals surface area contributed by atoms with Crippen LogP contribution in [-0.2, 0) is 6.54 Å². The van der Waals surface area contributed by atoms with Crippen LogP contribution < -0.4 is 16.0 Å². The van der Waals surface area contributed by atoms with E-state index in [2.05, 4.69) is 41.4 Å². The first kappa shape index (κ1) is 21.5. The first-order valence-corrected chi connectivity index (χ1v) is 13.1. The van der Waals surface area contributed by atoms with Crippen molar-refractivity contribution in [3.05, 3.63) is 59.7 Å². The van der Waals surface area contributed by atoms with Crippen molar-refractivity contribution in [2.24, 2.45) is 5.73 Å². The number of nitrogens with two attached hydrogens (primary N) is 1. The maximum atomic E-state index is 10.7. The fourth-order valence-corrected chi connectivity index (χ4v) is 6.51. The van der Waals surface area contributed by atoms with E-state index in [1.54, 1.807) is 0 Å². The zero-order valence-corrected chi connectivity index (χ0v) is 19.3. The van der Waals surface area contributed by atoms with E-state index in [0.29, 0.717) is 29.8 Å². The number of benzene rings is 2. The lowest BCUT2D eigenvalue weighted by molar-refractivity contribution is 0.410. The maximum Gasteiger partial charge on any atom is 0.131 e. The first-order valence-electron chi connectivity index (χ1n) is 11.4. The number of nitrogens with one attached hydrogen (secondary N) is 1. The van der Waals surface area contributed by atoms with Crippen molar-refractivity contribution in [1.29, 1.82) is 0 Å². The smallest absolute Gasteiger partial charge is 0.131 e. The predicted molar refractivity (Wildman–Crippen MR) is 134 cm³/mol. The standard InChI is InChI=1S/C25H32N4O2S/c1-17-9-10-22-21(13-17)23(27-20-7-4-6-19(26)14-20)15-25(28-22)29-11-12-32(30,31)24-8-3-2-5-18(24)16-29/h2-3,5,8-10,13,15,19-20,30-31H,4,6-7,11-12,14,16,26H2,1H3,(H,27,28). The van der Waals surface area contributed by atoms with Gasteiger partial charge in [0.15, 0.2) is 0 Å². The van der Waals surface area contributed by atoms with Crippen LogP contribution in [0.25, 0.3) is 10.9 Å². The minimum Gasteiger partial charge on any atom is -0.382 e. The summed E-state index contributed by atoms with van der Waals surface area (Å²) < 4.78 is 21.5. The zero-order chi connectivity index (χ0) is 22.3. The zero-order valence-electron chi connectivity index (χ0n) is 18.5. The Bertz CT molecular complexity index is 1140. The minimum atomic E-state index is -2.81. The number of fused-ring (bicyclic) bond motifs is 2. The van der Waals surface area contributed by atoms with E-state index >= 15 is 0 Å². The van der Waals surface area contributed by atoms with Crippen LogP contribution in [0.3, 0.4) is 0 Å². The first-order chi connectivity index (χ1) is 15.4. The van der Waals surface area contributed by atoms with E-state index in [0.717, 1.165) is 53.7 Å². The van der Waals surface area contributed by atoms with Gasteiger partial charge in [0.25, 0.3) is 0 Å². The Morgan fingerprint density at radius 3 is 2.81 bits per heavy atom. The molecular weight excluding hydrogens is 420 g/mol. The van der Waals surface area contributed by atoms with Gasteiger partial charge in [-0.05, 0) is 56.4 Å². The lowest BCUT2D eigenvalue weighted by Gasteiger charge is -2.32. The molecule has 0 radical (unpaired) electrons. The van der Waals surface area contributed by atoms with Gasteiger partial charge in [-0.25, -0.2) is 4.98 Å². The number of aromatic nitrogens is 1. The summed E-state index contributed by atoms with van der Waals surface area (Å²) in [6, 6.07) is 16.7. The molecule has 6 nitrogen and oxygen atoms in total. The van der Waals surface area contributed by atoms with Crippen LogP contribution in [0.1, 0.15) is 36.8 Å². The molecule has 1 aliphatic heterocycles. The topological polar surface area (TPSA) is 94.6 Å². The molecule has 2 aromatic carbocycles. The Morgan fingerprint density at radius 1 is 1.12 bits per heavy atom. The van der Waals surface area contributed by atoms with Crippen LogP contribution in [0.4, 0.5) is 11.5 Å². The largest absolute Gasteiger partial charge is 0.382 e. The van der Waals surface area contributed by atoms with Crippen molar-refractivity contribution < 1.29 is 9.11 Å². The minimum absolute atomic E-state index is 0.253. The number of nitrogens with zero attached hydrogens (tertiary/aromatic N) is 2. The maximum absolute atomic E-state index is 10.7. The fraction of sp³-hybridized carbons (Fsp3) is 0.400. The van der Waals surface area contributed by atoms with E-state index in [1.165, 1.54) is 5.56 Å². The number of rotatable bonds is 3. The predicted octanol–water partition coefficient (Wildman–Crippen LogP) is 5.35. The Hall–Kier alpha value is -2.32. The average molecular weight is 453 g/mol. The van der Waals surface area contributed by atoms with Gasteiger partial charge < -0.3 is 16.0 Å². The van der Waals surface area contributed by atoms with Crippen LogP contribution in [0.15, 0.2) is 53.4 Å². The summed E-state index contributed by atoms with van der Waals surface area (Å²) in [6.07, 6.45) is 4.34. The van der Waals surface area contributed by atoms with Gasteiger partial charge in [0, 0.05) is 42.3 Å². The molecule has 32 heavy (non-hydrogen) atoms. The van der Waals surface area contributed by atoms with Crippen LogP contribution in [0.5, 0.6) is 0 Å². The SMILES string of the molecule is Cc1ccc2nc(N3CCS(O)(O)c4ccccc4C3)cc(NC3CCCC(N)C3)c2c1. The molecule has 7 heteroatoms. The third kappa shape index (κ3) is 4.30. The molecule has 1 saturated carbocycles. The molecule has 0 saturated heterocycles. The molecule has 5 rings (SSSR count). The Labute approximate surface area is 191 Å². The highest BCUT2D eigenvalue weighted by atomic mass is 32.3. The number of hydrogen-bond donors (Lipinski definition) is 4. The Kier molecular flexibility index (Phi) is 5.75. The second-order valence-electron chi connectivity index (χ2n) is 9.22. The van der Waals surface area contributed by atoms with Gasteiger partial charge >= 0.3 is 0 Å². The molecule has 5 N–H and O–H groups in total. The summed E-state index contributed by atoms with van der Waals surface area (Å²) in [5, 5.41) is 4.89. The second kappa shape index (κ2) is 8.56. The van der Waals surface area contributed by atoms with E-state index in [1.807, 2.05) is 24.3 Å². The van der Waals surface area contributed by atoms with Gasteiger partial charge in [-0.3, -0.25) is 9.11 Å².